The second-order valence-electron chi connectivity index (χ2n) is 2.33. The van der Waals surface area contributed by atoms with Crippen molar-refractivity contribution < 1.29 is 23.2 Å². The van der Waals surface area contributed by atoms with E-state index in [9.17, 15) is 0 Å². The van der Waals surface area contributed by atoms with Gasteiger partial charge in [-0.15, -0.1) is 37.2 Å². The van der Waals surface area contributed by atoms with Gasteiger partial charge in [0.25, 0.3) is 0 Å². The summed E-state index contributed by atoms with van der Waals surface area (Å²) < 4.78 is 3.17. The van der Waals surface area contributed by atoms with Crippen LogP contribution in [0.5, 0.6) is 0 Å². The minimum Gasteiger partial charge on any atom is -0.147 e. The van der Waals surface area contributed by atoms with Crippen molar-refractivity contribution in [1.82, 2.24) is 0 Å². The van der Waals surface area contributed by atoms with E-state index in [2.05, 4.69) is 24.8 Å². The SMILES string of the molecule is C=CC[CH2][Zr][C]1=CC=CC1.Cl.Cl.Cl. The number of allylic oxidation sites excluding steroid dienone is 5. The predicted octanol–water partition coefficient (Wildman–Crippen LogP) is 4.17. The summed E-state index contributed by atoms with van der Waals surface area (Å²) in [4.78, 5) is 0. The largest absolute Gasteiger partial charge is 0.147 e. The van der Waals surface area contributed by atoms with Crippen molar-refractivity contribution in [3.63, 3.8) is 0 Å². The van der Waals surface area contributed by atoms with Gasteiger partial charge in [-0.05, 0) is 0 Å². The predicted molar refractivity (Wildman–Crippen MR) is 63.2 cm³/mol. The minimum absolute atomic E-state index is 0. The summed E-state index contributed by atoms with van der Waals surface area (Å²) in [5.74, 6) is 0. The molecule has 0 aliphatic heterocycles. The molecular weight excluding hydrogens is 306 g/mol. The van der Waals surface area contributed by atoms with E-state index in [0.29, 0.717) is 0 Å². The topological polar surface area (TPSA) is 0 Å². The molecule has 76 valence electrons. The first-order valence-corrected chi connectivity index (χ1v) is 6.60. The molecule has 0 spiro atoms. The molecule has 0 amide bonds. The van der Waals surface area contributed by atoms with Crippen LogP contribution in [0.3, 0.4) is 0 Å². The van der Waals surface area contributed by atoms with Crippen LogP contribution in [-0.2, 0) is 23.2 Å². The maximum Gasteiger partial charge on any atom is -0.147 e. The summed E-state index contributed by atoms with van der Waals surface area (Å²) in [5.41, 5.74) is 0. The zero-order valence-electron chi connectivity index (χ0n) is 7.36. The molecule has 0 aromatic rings. The zero-order chi connectivity index (χ0) is 7.23. The first-order valence-electron chi connectivity index (χ1n) is 3.64. The van der Waals surface area contributed by atoms with Crippen LogP contribution in [0, 0.1) is 0 Å². The maximum absolute atomic E-state index is 3.72. The Balaban J connectivity index is -0.000000333. The molecule has 0 N–H and O–H groups in total. The second kappa shape index (κ2) is 13.0. The quantitative estimate of drug-likeness (QED) is 0.538. The number of hydrogen-bond acceptors (Lipinski definition) is 0. The standard InChI is InChI=1S/C5H5.C4H7.3ClH.Zr/c1-2-4-5-3-1;1-3-4-2;;;;/h1-3H,4H2;3H,1-2,4H2;3*1H;. The van der Waals surface area contributed by atoms with Gasteiger partial charge >= 0.3 is 74.4 Å². The molecule has 0 atom stereocenters. The van der Waals surface area contributed by atoms with Gasteiger partial charge in [-0.1, -0.05) is 0 Å². The average Bonchev–Trinajstić information content (AvgIpc) is 2.41. The third-order valence-corrected chi connectivity index (χ3v) is 4.82. The molecule has 1 aliphatic carbocycles. The summed E-state index contributed by atoms with van der Waals surface area (Å²) in [6, 6.07) is 0. The molecule has 0 unspecified atom stereocenters. The van der Waals surface area contributed by atoms with Gasteiger partial charge in [-0.2, -0.15) is 0 Å². The van der Waals surface area contributed by atoms with Crippen LogP contribution >= 0.6 is 37.2 Å². The third-order valence-electron chi connectivity index (χ3n) is 1.47. The van der Waals surface area contributed by atoms with E-state index in [0.717, 1.165) is 0 Å². The molecule has 1 aliphatic rings. The zero-order valence-corrected chi connectivity index (χ0v) is 12.3. The summed E-state index contributed by atoms with van der Waals surface area (Å²) in [7, 11) is 0. The number of halogens is 3. The smallest absolute Gasteiger partial charge is 0.147 e. The average molecular weight is 321 g/mol. The van der Waals surface area contributed by atoms with Crippen molar-refractivity contribution >= 4 is 37.2 Å². The molecular formula is C9H15Cl3Zr. The van der Waals surface area contributed by atoms with Gasteiger partial charge in [0, 0.05) is 0 Å². The fraction of sp³-hybridized carbons (Fsp3) is 0.333. The van der Waals surface area contributed by atoms with Gasteiger partial charge in [0.2, 0.25) is 0 Å². The Kier molecular flexibility index (Phi) is 19.5. The van der Waals surface area contributed by atoms with E-state index < -0.39 is 0 Å². The van der Waals surface area contributed by atoms with Crippen molar-refractivity contribution in [1.29, 1.82) is 0 Å². The normalized spacial score (nSPS) is 11.5. The van der Waals surface area contributed by atoms with Crippen LogP contribution in [0.15, 0.2) is 34.2 Å². The van der Waals surface area contributed by atoms with E-state index >= 15 is 0 Å². The molecule has 0 radical (unpaired) electrons. The minimum atomic E-state index is -0.152. The van der Waals surface area contributed by atoms with Crippen LogP contribution < -0.4 is 0 Å². The van der Waals surface area contributed by atoms with Crippen molar-refractivity contribution in [2.24, 2.45) is 0 Å². The van der Waals surface area contributed by atoms with Gasteiger partial charge in [0.05, 0.1) is 0 Å². The molecule has 0 bridgehead atoms. The fourth-order valence-electron chi connectivity index (χ4n) is 0.913. The Bertz CT molecular complexity index is 176. The van der Waals surface area contributed by atoms with Gasteiger partial charge in [-0.25, -0.2) is 0 Å². The molecule has 0 heterocycles. The molecule has 0 nitrogen and oxygen atoms in total. The van der Waals surface area contributed by atoms with E-state index in [1.807, 2.05) is 6.08 Å². The summed E-state index contributed by atoms with van der Waals surface area (Å²) in [5, 5.41) is 0. The van der Waals surface area contributed by atoms with Crippen molar-refractivity contribution in [2.75, 3.05) is 0 Å². The third kappa shape index (κ3) is 9.28. The van der Waals surface area contributed by atoms with Crippen LogP contribution in [0.2, 0.25) is 4.13 Å². The Morgan fingerprint density at radius 3 is 2.54 bits per heavy atom. The summed E-state index contributed by atoms with van der Waals surface area (Å²) >= 11 is -0.152. The van der Waals surface area contributed by atoms with E-state index in [1.165, 1.54) is 17.0 Å². The summed E-state index contributed by atoms with van der Waals surface area (Å²) in [6.07, 6.45) is 11.2. The van der Waals surface area contributed by atoms with E-state index in [1.54, 1.807) is 3.28 Å². The molecule has 0 saturated carbocycles. The summed E-state index contributed by atoms with van der Waals surface area (Å²) in [6.45, 7) is 3.72. The first kappa shape index (κ1) is 19.5. The van der Waals surface area contributed by atoms with Crippen LogP contribution in [0.25, 0.3) is 0 Å². The van der Waals surface area contributed by atoms with Gasteiger partial charge < -0.3 is 0 Å². The number of rotatable bonds is 4. The Morgan fingerprint density at radius 1 is 1.38 bits per heavy atom. The second-order valence-corrected chi connectivity index (χ2v) is 6.01. The van der Waals surface area contributed by atoms with Crippen LogP contribution in [0.1, 0.15) is 12.8 Å². The van der Waals surface area contributed by atoms with Crippen molar-refractivity contribution in [3.05, 3.63) is 34.2 Å². The van der Waals surface area contributed by atoms with Gasteiger partial charge in [0.15, 0.2) is 0 Å². The van der Waals surface area contributed by atoms with E-state index in [-0.39, 0.29) is 60.5 Å². The Hall–Kier alpha value is 0.973. The van der Waals surface area contributed by atoms with Gasteiger partial charge in [0.1, 0.15) is 0 Å². The fourth-order valence-corrected chi connectivity index (χ4v) is 3.73. The van der Waals surface area contributed by atoms with Gasteiger partial charge in [-0.3, -0.25) is 0 Å². The Morgan fingerprint density at radius 2 is 2.08 bits per heavy atom. The molecule has 13 heavy (non-hydrogen) atoms. The van der Waals surface area contributed by atoms with Crippen LogP contribution in [-0.4, -0.2) is 0 Å². The number of hydrogen-bond donors (Lipinski definition) is 0. The first-order chi connectivity index (χ1) is 4.93. The van der Waals surface area contributed by atoms with Crippen LogP contribution in [0.4, 0.5) is 0 Å². The Labute approximate surface area is 111 Å². The van der Waals surface area contributed by atoms with E-state index in [4.69, 9.17) is 0 Å². The monoisotopic (exact) mass is 318 g/mol. The molecule has 1 rings (SSSR count). The molecule has 4 heteroatoms. The molecule has 0 fully saturated rings. The molecule has 0 saturated heterocycles. The molecule has 0 aromatic carbocycles. The van der Waals surface area contributed by atoms with Crippen molar-refractivity contribution in [2.45, 2.75) is 17.0 Å². The van der Waals surface area contributed by atoms with Crippen molar-refractivity contribution in [3.8, 4) is 0 Å². The molecule has 0 aromatic heterocycles. The maximum atomic E-state index is 3.72.